The van der Waals surface area contributed by atoms with Gasteiger partial charge < -0.3 is 10.6 Å². The molecular weight excluding hydrogens is 383 g/mol. The highest BCUT2D eigenvalue weighted by molar-refractivity contribution is 5.96. The van der Waals surface area contributed by atoms with Gasteiger partial charge in [-0.2, -0.15) is 10.4 Å². The standard InChI is InChI=1S/C22H21FN6O/c1-12-6-13-7-14(10-26-21(13)25)20-18(27-29(3)19(20)9-24)11-28(2)22(30)16-5-4-15(23)8-17(12)16/h4-5,7-8,10,12H,6,11H2,1-3H3,(H2,25,26). The Bertz CT molecular complexity index is 1210. The molecule has 1 atom stereocenters. The Balaban J connectivity index is 1.98. The van der Waals surface area contributed by atoms with Crippen LogP contribution in [0.25, 0.3) is 11.1 Å². The van der Waals surface area contributed by atoms with Gasteiger partial charge in [0.15, 0.2) is 0 Å². The van der Waals surface area contributed by atoms with Crippen molar-refractivity contribution in [2.45, 2.75) is 25.8 Å². The number of anilines is 1. The molecule has 0 saturated heterocycles. The summed E-state index contributed by atoms with van der Waals surface area (Å²) >= 11 is 0. The number of benzene rings is 1. The molecule has 8 heteroatoms. The summed E-state index contributed by atoms with van der Waals surface area (Å²) in [6.45, 7) is 2.12. The highest BCUT2D eigenvalue weighted by Crippen LogP contribution is 2.33. The highest BCUT2D eigenvalue weighted by Gasteiger charge is 2.26. The van der Waals surface area contributed by atoms with Gasteiger partial charge in [-0.3, -0.25) is 9.48 Å². The minimum absolute atomic E-state index is 0.171. The molecule has 1 aliphatic heterocycles. The Hall–Kier alpha value is -3.73. The van der Waals surface area contributed by atoms with Crippen molar-refractivity contribution in [2.75, 3.05) is 12.8 Å². The summed E-state index contributed by atoms with van der Waals surface area (Å²) < 4.78 is 15.5. The lowest BCUT2D eigenvalue weighted by atomic mass is 9.88. The number of hydrogen-bond donors (Lipinski definition) is 1. The van der Waals surface area contributed by atoms with E-state index in [2.05, 4.69) is 16.2 Å². The van der Waals surface area contributed by atoms with Crippen LogP contribution >= 0.6 is 0 Å². The maximum absolute atomic E-state index is 14.0. The number of carbonyl (C=O) groups excluding carboxylic acids is 1. The van der Waals surface area contributed by atoms with Gasteiger partial charge in [0.1, 0.15) is 23.4 Å². The molecule has 4 rings (SSSR count). The number of pyridine rings is 1. The third kappa shape index (κ3) is 3.18. The molecule has 1 unspecified atom stereocenters. The van der Waals surface area contributed by atoms with Crippen molar-refractivity contribution in [1.82, 2.24) is 19.7 Å². The van der Waals surface area contributed by atoms with Gasteiger partial charge in [-0.05, 0) is 47.7 Å². The van der Waals surface area contributed by atoms with Crippen molar-refractivity contribution in [3.05, 3.63) is 64.4 Å². The first kappa shape index (κ1) is 19.6. The first-order valence-corrected chi connectivity index (χ1v) is 9.55. The predicted molar refractivity (Wildman–Crippen MR) is 110 cm³/mol. The summed E-state index contributed by atoms with van der Waals surface area (Å²) in [7, 11) is 3.36. The summed E-state index contributed by atoms with van der Waals surface area (Å²) in [5, 5.41) is 14.2. The number of nitrogen functional groups attached to an aromatic ring is 1. The van der Waals surface area contributed by atoms with Crippen LogP contribution in [0.15, 0.2) is 30.5 Å². The van der Waals surface area contributed by atoms with Gasteiger partial charge in [0.25, 0.3) is 5.91 Å². The molecule has 3 heterocycles. The number of nitrogens with zero attached hydrogens (tertiary/aromatic N) is 5. The topological polar surface area (TPSA) is 101 Å². The predicted octanol–water partition coefficient (Wildman–Crippen LogP) is 3.01. The number of fused-ring (bicyclic) bond motifs is 5. The normalized spacial score (nSPS) is 16.2. The first-order chi connectivity index (χ1) is 14.3. The summed E-state index contributed by atoms with van der Waals surface area (Å²) in [5.41, 5.74) is 10.3. The highest BCUT2D eigenvalue weighted by atomic mass is 19.1. The van der Waals surface area contributed by atoms with Crippen molar-refractivity contribution in [1.29, 1.82) is 5.26 Å². The largest absolute Gasteiger partial charge is 0.383 e. The van der Waals surface area contributed by atoms with E-state index < -0.39 is 5.82 Å². The average molecular weight is 404 g/mol. The van der Waals surface area contributed by atoms with E-state index in [0.717, 1.165) is 5.56 Å². The van der Waals surface area contributed by atoms with Crippen LogP contribution in [0.3, 0.4) is 0 Å². The van der Waals surface area contributed by atoms with E-state index in [1.807, 2.05) is 13.0 Å². The number of rotatable bonds is 0. The Morgan fingerprint density at radius 3 is 2.80 bits per heavy atom. The van der Waals surface area contributed by atoms with E-state index in [1.54, 1.807) is 20.3 Å². The fourth-order valence-electron chi connectivity index (χ4n) is 4.02. The van der Waals surface area contributed by atoms with E-state index >= 15 is 0 Å². The molecule has 0 radical (unpaired) electrons. The van der Waals surface area contributed by atoms with Crippen molar-refractivity contribution in [2.24, 2.45) is 7.05 Å². The minimum Gasteiger partial charge on any atom is -0.383 e. The summed E-state index contributed by atoms with van der Waals surface area (Å²) in [4.78, 5) is 19.1. The lowest BCUT2D eigenvalue weighted by molar-refractivity contribution is 0.0781. The van der Waals surface area contributed by atoms with E-state index in [4.69, 9.17) is 5.73 Å². The summed E-state index contributed by atoms with van der Waals surface area (Å²) in [6, 6.07) is 8.31. The molecule has 0 fully saturated rings. The molecule has 1 amide bonds. The maximum atomic E-state index is 14.0. The molecule has 0 aliphatic carbocycles. The van der Waals surface area contributed by atoms with Gasteiger partial charge in [0, 0.05) is 37.0 Å². The number of nitriles is 1. The monoisotopic (exact) mass is 404 g/mol. The minimum atomic E-state index is -0.395. The zero-order valence-corrected chi connectivity index (χ0v) is 17.0. The van der Waals surface area contributed by atoms with Gasteiger partial charge in [-0.25, -0.2) is 9.37 Å². The second kappa shape index (κ2) is 7.26. The maximum Gasteiger partial charge on any atom is 0.254 e. The van der Waals surface area contributed by atoms with Crippen molar-refractivity contribution in [3.63, 3.8) is 0 Å². The molecule has 3 aromatic rings. The van der Waals surface area contributed by atoms with Gasteiger partial charge in [0.05, 0.1) is 12.2 Å². The number of carbonyl (C=O) groups is 1. The Morgan fingerprint density at radius 1 is 1.30 bits per heavy atom. The van der Waals surface area contributed by atoms with Gasteiger partial charge in [-0.1, -0.05) is 6.92 Å². The van der Waals surface area contributed by atoms with Crippen molar-refractivity contribution >= 4 is 11.7 Å². The van der Waals surface area contributed by atoms with Crippen molar-refractivity contribution in [3.8, 4) is 17.2 Å². The van der Waals surface area contributed by atoms with Crippen LogP contribution in [-0.2, 0) is 20.0 Å². The number of hydrogen-bond acceptors (Lipinski definition) is 5. The van der Waals surface area contributed by atoms with Gasteiger partial charge >= 0.3 is 0 Å². The van der Waals surface area contributed by atoms with Crippen LogP contribution in [0.4, 0.5) is 10.2 Å². The molecule has 152 valence electrons. The number of amides is 1. The second-order valence-electron chi connectivity index (χ2n) is 7.67. The zero-order chi connectivity index (χ0) is 21.6. The van der Waals surface area contributed by atoms with E-state index in [9.17, 15) is 14.4 Å². The van der Waals surface area contributed by atoms with Crippen LogP contribution in [0.2, 0.25) is 0 Å². The van der Waals surface area contributed by atoms with Crippen LogP contribution in [-0.4, -0.2) is 32.6 Å². The molecule has 0 saturated carbocycles. The Kier molecular flexibility index (Phi) is 4.74. The number of aryl methyl sites for hydroxylation is 1. The van der Waals surface area contributed by atoms with Gasteiger partial charge in [0.2, 0.25) is 0 Å². The molecule has 2 N–H and O–H groups in total. The lowest BCUT2D eigenvalue weighted by Gasteiger charge is -2.23. The SMILES string of the molecule is CC1Cc2cc(cnc2N)-c2c(nn(C)c2C#N)CN(C)C(=O)c2ccc(F)cc21. The molecule has 7 nitrogen and oxygen atoms in total. The third-order valence-electron chi connectivity index (χ3n) is 5.55. The fourth-order valence-corrected chi connectivity index (χ4v) is 4.02. The van der Waals surface area contributed by atoms with E-state index in [0.29, 0.717) is 45.9 Å². The third-order valence-corrected chi connectivity index (χ3v) is 5.55. The summed E-state index contributed by atoms with van der Waals surface area (Å²) in [5.74, 6) is -0.431. The number of aromatic nitrogens is 3. The van der Waals surface area contributed by atoms with Crippen LogP contribution < -0.4 is 5.73 Å². The number of halogens is 1. The van der Waals surface area contributed by atoms with Gasteiger partial charge in [-0.15, -0.1) is 0 Å². The van der Waals surface area contributed by atoms with Crippen LogP contribution in [0.1, 0.15) is 45.7 Å². The average Bonchev–Trinajstić information content (AvgIpc) is 3.03. The lowest BCUT2D eigenvalue weighted by Crippen LogP contribution is -2.28. The molecule has 30 heavy (non-hydrogen) atoms. The Labute approximate surface area is 173 Å². The first-order valence-electron chi connectivity index (χ1n) is 9.55. The smallest absolute Gasteiger partial charge is 0.254 e. The number of nitrogens with two attached hydrogens (primary N) is 1. The molecule has 1 aromatic carbocycles. The Morgan fingerprint density at radius 2 is 2.07 bits per heavy atom. The van der Waals surface area contributed by atoms with E-state index in [-0.39, 0.29) is 18.4 Å². The second-order valence-corrected chi connectivity index (χ2v) is 7.67. The zero-order valence-electron chi connectivity index (χ0n) is 17.0. The summed E-state index contributed by atoms with van der Waals surface area (Å²) in [6.07, 6.45) is 2.09. The molecule has 2 bridgehead atoms. The van der Waals surface area contributed by atoms with Crippen LogP contribution in [0, 0.1) is 17.1 Å². The molecule has 1 aliphatic rings. The van der Waals surface area contributed by atoms with Crippen molar-refractivity contribution < 1.29 is 9.18 Å². The quantitative estimate of drug-likeness (QED) is 0.621. The molecule has 2 aromatic heterocycles. The van der Waals surface area contributed by atoms with E-state index in [1.165, 1.54) is 27.8 Å². The fraction of sp³-hybridized carbons (Fsp3) is 0.273. The molecule has 0 spiro atoms. The van der Waals surface area contributed by atoms with Crippen LogP contribution in [0.5, 0.6) is 0 Å². The molecular formula is C22H21FN6O.